The van der Waals surface area contributed by atoms with E-state index in [0.717, 1.165) is 17.9 Å². The first-order valence-electron chi connectivity index (χ1n) is 4.75. The molecule has 0 saturated carbocycles. The van der Waals surface area contributed by atoms with Gasteiger partial charge in [-0.2, -0.15) is 0 Å². The molecule has 2 rings (SSSR count). The number of ketones is 1. The van der Waals surface area contributed by atoms with Gasteiger partial charge < -0.3 is 10.3 Å². The van der Waals surface area contributed by atoms with Gasteiger partial charge in [0.2, 0.25) is 0 Å². The first kappa shape index (κ1) is 8.99. The van der Waals surface area contributed by atoms with E-state index in [1.807, 2.05) is 6.92 Å². The monoisotopic (exact) mass is 191 g/mol. The predicted octanol–water partition coefficient (Wildman–Crippen LogP) is 1.31. The van der Waals surface area contributed by atoms with Crippen molar-refractivity contribution in [1.29, 1.82) is 0 Å². The minimum absolute atomic E-state index is 0.127. The molecule has 4 heteroatoms. The molecule has 0 saturated heterocycles. The quantitative estimate of drug-likeness (QED) is 0.757. The number of nitrogens with one attached hydrogen (secondary N) is 2. The zero-order chi connectivity index (χ0) is 9.97. The van der Waals surface area contributed by atoms with Crippen molar-refractivity contribution in [2.75, 3.05) is 0 Å². The number of H-pyrrole nitrogens is 1. The van der Waals surface area contributed by atoms with Gasteiger partial charge in [0.25, 0.3) is 0 Å². The summed E-state index contributed by atoms with van der Waals surface area (Å²) in [4.78, 5) is 18.2. The number of aromatic nitrogens is 2. The van der Waals surface area contributed by atoms with Crippen LogP contribution in [-0.4, -0.2) is 15.8 Å². The second-order valence-electron chi connectivity index (χ2n) is 3.48. The van der Waals surface area contributed by atoms with E-state index < -0.39 is 0 Å². The lowest BCUT2D eigenvalue weighted by atomic mass is 10.3. The zero-order valence-electron chi connectivity index (χ0n) is 8.08. The van der Waals surface area contributed by atoms with Crippen molar-refractivity contribution in [2.45, 2.75) is 25.8 Å². The first-order valence-corrected chi connectivity index (χ1v) is 4.75. The van der Waals surface area contributed by atoms with Gasteiger partial charge in [0.05, 0.1) is 6.04 Å². The molecule has 0 aromatic carbocycles. The maximum absolute atomic E-state index is 11.0. The Morgan fingerprint density at radius 1 is 1.57 bits per heavy atom. The number of rotatable bonds is 3. The molecule has 1 aliphatic rings. The molecule has 4 nitrogen and oxygen atoms in total. The van der Waals surface area contributed by atoms with Crippen molar-refractivity contribution in [3.63, 3.8) is 0 Å². The maximum atomic E-state index is 11.0. The smallest absolute Gasteiger partial charge is 0.157 e. The van der Waals surface area contributed by atoms with Crippen molar-refractivity contribution in [1.82, 2.24) is 15.3 Å². The normalized spacial score (nSPS) is 18.1. The fourth-order valence-corrected chi connectivity index (χ4v) is 1.57. The Labute approximate surface area is 82.4 Å². The van der Waals surface area contributed by atoms with Crippen LogP contribution in [0.5, 0.6) is 0 Å². The second-order valence-corrected chi connectivity index (χ2v) is 3.48. The van der Waals surface area contributed by atoms with E-state index in [9.17, 15) is 4.79 Å². The summed E-state index contributed by atoms with van der Waals surface area (Å²) in [5, 5.41) is 3.26. The van der Waals surface area contributed by atoms with E-state index in [2.05, 4.69) is 15.3 Å². The molecular formula is C10H13N3O. The van der Waals surface area contributed by atoms with E-state index in [0.29, 0.717) is 6.42 Å². The standard InChI is InChI=1S/C10H13N3O/c1-7(10-11-4-5-12-10)13-8-2-3-9(14)6-8/h4-7,13H,2-3H2,1H3,(H,11,12). The summed E-state index contributed by atoms with van der Waals surface area (Å²) in [6.07, 6.45) is 6.65. The van der Waals surface area contributed by atoms with E-state index in [-0.39, 0.29) is 11.8 Å². The molecule has 1 atom stereocenters. The van der Waals surface area contributed by atoms with Crippen LogP contribution in [0.4, 0.5) is 0 Å². The number of allylic oxidation sites excluding steroid dienone is 2. The largest absolute Gasteiger partial charge is 0.379 e. The number of hydrogen-bond acceptors (Lipinski definition) is 3. The van der Waals surface area contributed by atoms with Crippen molar-refractivity contribution in [2.24, 2.45) is 0 Å². The summed E-state index contributed by atoms with van der Waals surface area (Å²) in [6.45, 7) is 2.02. The number of aromatic amines is 1. The molecule has 0 aliphatic heterocycles. The Bertz CT molecular complexity index is 353. The van der Waals surface area contributed by atoms with Crippen LogP contribution in [0.15, 0.2) is 24.2 Å². The van der Waals surface area contributed by atoms with Gasteiger partial charge in [0.15, 0.2) is 5.78 Å². The lowest BCUT2D eigenvalue weighted by molar-refractivity contribution is -0.114. The summed E-state index contributed by atoms with van der Waals surface area (Å²) in [5.41, 5.74) is 1.01. The van der Waals surface area contributed by atoms with Crippen LogP contribution < -0.4 is 5.32 Å². The lowest BCUT2D eigenvalue weighted by Gasteiger charge is -2.12. The average molecular weight is 191 g/mol. The van der Waals surface area contributed by atoms with Crippen LogP contribution in [0.2, 0.25) is 0 Å². The van der Waals surface area contributed by atoms with E-state index in [4.69, 9.17) is 0 Å². The summed E-state index contributed by atoms with van der Waals surface area (Å²) < 4.78 is 0. The lowest BCUT2D eigenvalue weighted by Crippen LogP contribution is -2.18. The van der Waals surface area contributed by atoms with Crippen LogP contribution in [0, 0.1) is 0 Å². The third-order valence-electron chi connectivity index (χ3n) is 2.31. The molecule has 0 amide bonds. The van der Waals surface area contributed by atoms with E-state index >= 15 is 0 Å². The molecule has 1 aromatic heterocycles. The van der Waals surface area contributed by atoms with Crippen LogP contribution in [-0.2, 0) is 4.79 Å². The Morgan fingerprint density at radius 3 is 3.00 bits per heavy atom. The molecule has 1 unspecified atom stereocenters. The number of imidazole rings is 1. The fourth-order valence-electron chi connectivity index (χ4n) is 1.57. The van der Waals surface area contributed by atoms with Gasteiger partial charge in [-0.15, -0.1) is 0 Å². The number of nitrogens with zero attached hydrogens (tertiary/aromatic N) is 1. The predicted molar refractivity (Wildman–Crippen MR) is 52.5 cm³/mol. The van der Waals surface area contributed by atoms with Gasteiger partial charge in [0, 0.05) is 30.6 Å². The molecular weight excluding hydrogens is 178 g/mol. The first-order chi connectivity index (χ1) is 6.75. The van der Waals surface area contributed by atoms with Gasteiger partial charge in [-0.05, 0) is 13.3 Å². The maximum Gasteiger partial charge on any atom is 0.157 e. The highest BCUT2D eigenvalue weighted by molar-refractivity contribution is 5.92. The topological polar surface area (TPSA) is 57.8 Å². The highest BCUT2D eigenvalue weighted by Crippen LogP contribution is 2.16. The summed E-state index contributed by atoms with van der Waals surface area (Å²) in [5.74, 6) is 1.10. The Kier molecular flexibility index (Phi) is 2.35. The fraction of sp³-hybridized carbons (Fsp3) is 0.400. The molecule has 0 bridgehead atoms. The minimum atomic E-state index is 0.127. The Morgan fingerprint density at radius 2 is 2.43 bits per heavy atom. The van der Waals surface area contributed by atoms with Gasteiger partial charge >= 0.3 is 0 Å². The van der Waals surface area contributed by atoms with Crippen molar-refractivity contribution >= 4 is 5.78 Å². The second kappa shape index (κ2) is 3.65. The summed E-state index contributed by atoms with van der Waals surface area (Å²) >= 11 is 0. The number of carbonyl (C=O) groups excluding carboxylic acids is 1. The average Bonchev–Trinajstić information content (AvgIpc) is 2.75. The molecule has 1 aromatic rings. The van der Waals surface area contributed by atoms with Gasteiger partial charge in [-0.3, -0.25) is 4.79 Å². The van der Waals surface area contributed by atoms with E-state index in [1.54, 1.807) is 18.5 Å². The van der Waals surface area contributed by atoms with Gasteiger partial charge in [-0.1, -0.05) is 0 Å². The molecule has 74 valence electrons. The number of carbonyl (C=O) groups is 1. The van der Waals surface area contributed by atoms with Gasteiger partial charge in [-0.25, -0.2) is 4.98 Å². The summed E-state index contributed by atoms with van der Waals surface area (Å²) in [6, 6.07) is 0.127. The van der Waals surface area contributed by atoms with Crippen molar-refractivity contribution in [3.05, 3.63) is 30.0 Å². The highest BCUT2D eigenvalue weighted by Gasteiger charge is 2.15. The summed E-state index contributed by atoms with van der Waals surface area (Å²) in [7, 11) is 0. The zero-order valence-corrected chi connectivity index (χ0v) is 8.08. The SMILES string of the molecule is CC(NC1=CC(=O)CC1)c1ncc[nH]1. The molecule has 14 heavy (non-hydrogen) atoms. The van der Waals surface area contributed by atoms with Crippen LogP contribution in [0.1, 0.15) is 31.6 Å². The Hall–Kier alpha value is -1.58. The third kappa shape index (κ3) is 1.84. The molecule has 0 spiro atoms. The molecule has 1 aliphatic carbocycles. The Balaban J connectivity index is 1.98. The third-order valence-corrected chi connectivity index (χ3v) is 2.31. The van der Waals surface area contributed by atoms with Crippen LogP contribution in [0.25, 0.3) is 0 Å². The van der Waals surface area contributed by atoms with E-state index in [1.165, 1.54) is 0 Å². The van der Waals surface area contributed by atoms with Gasteiger partial charge in [0.1, 0.15) is 5.82 Å². The molecule has 2 N–H and O–H groups in total. The van der Waals surface area contributed by atoms with Crippen LogP contribution in [0.3, 0.4) is 0 Å². The number of hydrogen-bond donors (Lipinski definition) is 2. The van der Waals surface area contributed by atoms with Crippen LogP contribution >= 0.6 is 0 Å². The molecule has 0 radical (unpaired) electrons. The minimum Gasteiger partial charge on any atom is -0.379 e. The molecule has 0 fully saturated rings. The highest BCUT2D eigenvalue weighted by atomic mass is 16.1. The molecule has 1 heterocycles. The van der Waals surface area contributed by atoms with Crippen molar-refractivity contribution in [3.8, 4) is 0 Å². The van der Waals surface area contributed by atoms with Crippen molar-refractivity contribution < 1.29 is 4.79 Å².